The fourth-order valence-electron chi connectivity index (χ4n) is 2.83. The van der Waals surface area contributed by atoms with E-state index in [1.807, 2.05) is 41.3 Å². The van der Waals surface area contributed by atoms with E-state index in [2.05, 4.69) is 22.4 Å². The predicted octanol–water partition coefficient (Wildman–Crippen LogP) is 2.13. The summed E-state index contributed by atoms with van der Waals surface area (Å²) in [7, 11) is 0. The maximum Gasteiger partial charge on any atom is 0.230 e. The molecule has 5 nitrogen and oxygen atoms in total. The summed E-state index contributed by atoms with van der Waals surface area (Å²) in [5, 5.41) is 3.78. The number of pyridine rings is 1. The van der Waals surface area contributed by atoms with Crippen molar-refractivity contribution in [2.24, 2.45) is 0 Å². The number of aromatic nitrogens is 1. The Morgan fingerprint density at radius 3 is 2.76 bits per heavy atom. The van der Waals surface area contributed by atoms with Crippen LogP contribution in [0.25, 0.3) is 0 Å². The van der Waals surface area contributed by atoms with Crippen LogP contribution in [0.2, 0.25) is 0 Å². The average molecular weight is 355 g/mol. The van der Waals surface area contributed by atoms with Gasteiger partial charge in [-0.1, -0.05) is 48.2 Å². The summed E-state index contributed by atoms with van der Waals surface area (Å²) in [4.78, 5) is 30.2. The zero-order chi connectivity index (χ0) is 17.5. The van der Waals surface area contributed by atoms with E-state index in [9.17, 15) is 9.59 Å². The second kappa shape index (κ2) is 8.67. The van der Waals surface area contributed by atoms with Crippen LogP contribution in [0.1, 0.15) is 12.0 Å². The van der Waals surface area contributed by atoms with E-state index in [0.717, 1.165) is 11.4 Å². The Morgan fingerprint density at radius 1 is 1.20 bits per heavy atom. The van der Waals surface area contributed by atoms with Gasteiger partial charge in [0.25, 0.3) is 0 Å². The molecule has 1 aliphatic rings. The number of carbonyl (C=O) groups excluding carboxylic acids is 2. The molecule has 0 bridgehead atoms. The molecule has 0 spiro atoms. The smallest absolute Gasteiger partial charge is 0.230 e. The van der Waals surface area contributed by atoms with Crippen LogP contribution in [0.5, 0.6) is 0 Å². The first-order valence-electron chi connectivity index (χ1n) is 8.35. The Balaban J connectivity index is 1.41. The van der Waals surface area contributed by atoms with Gasteiger partial charge in [-0.15, -0.1) is 0 Å². The molecule has 3 rings (SSSR count). The van der Waals surface area contributed by atoms with Gasteiger partial charge in [-0.2, -0.15) is 0 Å². The van der Waals surface area contributed by atoms with Gasteiger partial charge in [0.2, 0.25) is 11.8 Å². The number of benzene rings is 1. The molecule has 25 heavy (non-hydrogen) atoms. The lowest BCUT2D eigenvalue weighted by Gasteiger charge is -2.17. The molecule has 0 aliphatic carbocycles. The van der Waals surface area contributed by atoms with Crippen LogP contribution in [0, 0.1) is 0 Å². The molecule has 2 aromatic rings. The first-order chi connectivity index (χ1) is 12.2. The van der Waals surface area contributed by atoms with Crippen molar-refractivity contribution < 1.29 is 9.59 Å². The van der Waals surface area contributed by atoms with E-state index in [1.165, 1.54) is 17.3 Å². The summed E-state index contributed by atoms with van der Waals surface area (Å²) in [6.45, 7) is 1.28. The summed E-state index contributed by atoms with van der Waals surface area (Å²) >= 11 is 1.40. The van der Waals surface area contributed by atoms with Gasteiger partial charge in [0.1, 0.15) is 0 Å². The Hall–Kier alpha value is -2.34. The highest BCUT2D eigenvalue weighted by molar-refractivity contribution is 7.99. The third kappa shape index (κ3) is 5.32. The summed E-state index contributed by atoms with van der Waals surface area (Å²) in [6, 6.07) is 15.6. The number of amides is 2. The Labute approximate surface area is 151 Å². The summed E-state index contributed by atoms with van der Waals surface area (Å²) in [5.74, 6) is 0.364. The molecule has 1 aliphatic heterocycles. The molecule has 130 valence electrons. The van der Waals surface area contributed by atoms with Crippen molar-refractivity contribution in [2.45, 2.75) is 23.9 Å². The molecule has 1 saturated heterocycles. The lowest BCUT2D eigenvalue weighted by molar-refractivity contribution is -0.127. The van der Waals surface area contributed by atoms with Crippen LogP contribution in [-0.4, -0.2) is 46.6 Å². The van der Waals surface area contributed by atoms with Gasteiger partial charge in [-0.05, 0) is 24.1 Å². The Morgan fingerprint density at radius 2 is 2.00 bits per heavy atom. The van der Waals surface area contributed by atoms with E-state index in [4.69, 9.17) is 0 Å². The van der Waals surface area contributed by atoms with E-state index in [0.29, 0.717) is 25.3 Å². The van der Waals surface area contributed by atoms with E-state index in [-0.39, 0.29) is 17.9 Å². The highest BCUT2D eigenvalue weighted by Gasteiger charge is 2.30. The molecule has 6 heteroatoms. The summed E-state index contributed by atoms with van der Waals surface area (Å²) in [6.07, 6.45) is 2.93. The molecular weight excluding hydrogens is 334 g/mol. The second-order valence-electron chi connectivity index (χ2n) is 6.00. The zero-order valence-corrected chi connectivity index (χ0v) is 14.7. The van der Waals surface area contributed by atoms with Crippen LogP contribution >= 0.6 is 11.8 Å². The Kier molecular flexibility index (Phi) is 6.06. The van der Waals surface area contributed by atoms with Crippen LogP contribution in [0.15, 0.2) is 59.8 Å². The predicted molar refractivity (Wildman–Crippen MR) is 98.2 cm³/mol. The quantitative estimate of drug-likeness (QED) is 0.773. The van der Waals surface area contributed by atoms with Gasteiger partial charge < -0.3 is 10.2 Å². The van der Waals surface area contributed by atoms with Crippen LogP contribution in [-0.2, 0) is 16.0 Å². The van der Waals surface area contributed by atoms with Crippen molar-refractivity contribution in [3.8, 4) is 0 Å². The molecule has 1 unspecified atom stereocenters. The van der Waals surface area contributed by atoms with Gasteiger partial charge in [0.05, 0.1) is 16.8 Å². The molecule has 1 N–H and O–H groups in total. The molecule has 1 aromatic heterocycles. The molecule has 1 fully saturated rings. The number of likely N-dealkylation sites (tertiary alicyclic amines) is 1. The standard InChI is InChI=1S/C19H21N3O2S/c23-17(14-25-18-8-4-5-10-20-18)21-16-12-19(24)22(13-16)11-9-15-6-2-1-3-7-15/h1-8,10,16H,9,11-14H2,(H,21,23). The normalized spacial score (nSPS) is 16.9. The first kappa shape index (κ1) is 17.5. The van der Waals surface area contributed by atoms with Crippen molar-refractivity contribution in [1.29, 1.82) is 0 Å². The van der Waals surface area contributed by atoms with Gasteiger partial charge in [-0.25, -0.2) is 4.98 Å². The molecule has 2 amide bonds. The van der Waals surface area contributed by atoms with Crippen LogP contribution in [0.3, 0.4) is 0 Å². The van der Waals surface area contributed by atoms with Gasteiger partial charge in [-0.3, -0.25) is 9.59 Å². The van der Waals surface area contributed by atoms with Crippen molar-refractivity contribution >= 4 is 23.6 Å². The molecular formula is C19H21N3O2S. The molecule has 1 aromatic carbocycles. The van der Waals surface area contributed by atoms with E-state index >= 15 is 0 Å². The van der Waals surface area contributed by atoms with Gasteiger partial charge in [0, 0.05) is 25.7 Å². The SMILES string of the molecule is O=C(CSc1ccccn1)NC1CC(=O)N(CCc2ccccc2)C1. The Bertz CT molecular complexity index is 709. The molecule has 0 radical (unpaired) electrons. The minimum atomic E-state index is -0.0971. The third-order valence-electron chi connectivity index (χ3n) is 4.08. The number of hydrogen-bond donors (Lipinski definition) is 1. The van der Waals surface area contributed by atoms with E-state index in [1.54, 1.807) is 6.20 Å². The zero-order valence-electron chi connectivity index (χ0n) is 13.9. The first-order valence-corrected chi connectivity index (χ1v) is 9.34. The lowest BCUT2D eigenvalue weighted by atomic mass is 10.1. The second-order valence-corrected chi connectivity index (χ2v) is 7.00. The number of carbonyl (C=O) groups is 2. The minimum Gasteiger partial charge on any atom is -0.350 e. The highest BCUT2D eigenvalue weighted by Crippen LogP contribution is 2.15. The number of nitrogens with zero attached hydrogens (tertiary/aromatic N) is 2. The van der Waals surface area contributed by atoms with Gasteiger partial charge >= 0.3 is 0 Å². The summed E-state index contributed by atoms with van der Waals surface area (Å²) in [5.41, 5.74) is 1.22. The van der Waals surface area contributed by atoms with Crippen molar-refractivity contribution in [3.05, 3.63) is 60.3 Å². The topological polar surface area (TPSA) is 62.3 Å². The third-order valence-corrected chi connectivity index (χ3v) is 5.03. The lowest BCUT2D eigenvalue weighted by Crippen LogP contribution is -2.38. The maximum absolute atomic E-state index is 12.1. The largest absolute Gasteiger partial charge is 0.350 e. The van der Waals surface area contributed by atoms with Gasteiger partial charge in [0.15, 0.2) is 0 Å². The molecule has 2 heterocycles. The van der Waals surface area contributed by atoms with E-state index < -0.39 is 0 Å². The fourth-order valence-corrected chi connectivity index (χ4v) is 3.51. The fraction of sp³-hybridized carbons (Fsp3) is 0.316. The average Bonchev–Trinajstić information content (AvgIpc) is 2.99. The monoisotopic (exact) mass is 355 g/mol. The number of hydrogen-bond acceptors (Lipinski definition) is 4. The van der Waals surface area contributed by atoms with Crippen LogP contribution in [0.4, 0.5) is 0 Å². The minimum absolute atomic E-state index is 0.0571. The molecule has 0 saturated carbocycles. The summed E-state index contributed by atoms with van der Waals surface area (Å²) < 4.78 is 0. The number of rotatable bonds is 7. The van der Waals surface area contributed by atoms with Crippen molar-refractivity contribution in [2.75, 3.05) is 18.8 Å². The molecule has 1 atom stereocenters. The van der Waals surface area contributed by atoms with Crippen molar-refractivity contribution in [1.82, 2.24) is 15.2 Å². The van der Waals surface area contributed by atoms with Crippen molar-refractivity contribution in [3.63, 3.8) is 0 Å². The number of thioether (sulfide) groups is 1. The highest BCUT2D eigenvalue weighted by atomic mass is 32.2. The van der Waals surface area contributed by atoms with Crippen LogP contribution < -0.4 is 5.32 Å². The number of nitrogens with one attached hydrogen (secondary N) is 1. The maximum atomic E-state index is 12.1.